The molecule has 0 fully saturated rings. The maximum Gasteiger partial charge on any atom is 0.338 e. The Labute approximate surface area is 129 Å². The monoisotopic (exact) mass is 307 g/mol. The van der Waals surface area contributed by atoms with Crippen molar-refractivity contribution in [1.29, 1.82) is 0 Å². The van der Waals surface area contributed by atoms with Crippen molar-refractivity contribution in [1.82, 2.24) is 5.32 Å². The van der Waals surface area contributed by atoms with Gasteiger partial charge in [-0.25, -0.2) is 4.79 Å². The first-order chi connectivity index (χ1) is 10.3. The highest BCUT2D eigenvalue weighted by Gasteiger charge is 2.14. The predicted octanol–water partition coefficient (Wildman–Crippen LogP) is 1.93. The molecule has 1 aromatic rings. The summed E-state index contributed by atoms with van der Waals surface area (Å²) in [7, 11) is 0. The summed E-state index contributed by atoms with van der Waals surface area (Å²) in [5.74, 6) is -1.36. The summed E-state index contributed by atoms with van der Waals surface area (Å²) in [6, 6.07) is 6.41. The number of carbonyl (C=O) groups is 3. The van der Waals surface area contributed by atoms with Crippen molar-refractivity contribution in [2.45, 2.75) is 33.8 Å². The van der Waals surface area contributed by atoms with Crippen molar-refractivity contribution in [3.63, 3.8) is 0 Å². The molecule has 0 aliphatic rings. The van der Waals surface area contributed by atoms with Crippen LogP contribution in [0.25, 0.3) is 0 Å². The molecule has 0 saturated carbocycles. The van der Waals surface area contributed by atoms with Crippen LogP contribution in [0, 0.1) is 5.92 Å². The van der Waals surface area contributed by atoms with Crippen LogP contribution in [-0.4, -0.2) is 30.5 Å². The molecule has 1 aromatic carbocycles. The summed E-state index contributed by atoms with van der Waals surface area (Å²) < 4.78 is 10.3. The molecule has 0 aliphatic heterocycles. The van der Waals surface area contributed by atoms with E-state index in [9.17, 15) is 14.4 Å². The summed E-state index contributed by atoms with van der Waals surface area (Å²) in [5.41, 5.74) is 0.305. The van der Waals surface area contributed by atoms with Gasteiger partial charge in [-0.2, -0.15) is 0 Å². The van der Waals surface area contributed by atoms with E-state index in [1.807, 2.05) is 13.8 Å². The van der Waals surface area contributed by atoms with Crippen LogP contribution in [0.5, 0.6) is 5.75 Å². The summed E-state index contributed by atoms with van der Waals surface area (Å²) >= 11 is 0. The van der Waals surface area contributed by atoms with E-state index in [-0.39, 0.29) is 12.0 Å². The second-order valence-electron chi connectivity index (χ2n) is 5.33. The average Bonchev–Trinajstić information content (AvgIpc) is 2.44. The maximum absolute atomic E-state index is 11.8. The molecule has 0 aromatic heterocycles. The highest BCUT2D eigenvalue weighted by atomic mass is 16.5. The minimum absolute atomic E-state index is 0.0417. The predicted molar refractivity (Wildman–Crippen MR) is 80.5 cm³/mol. The van der Waals surface area contributed by atoms with Crippen LogP contribution in [0.15, 0.2) is 24.3 Å². The first-order valence-corrected chi connectivity index (χ1v) is 7.07. The fraction of sp³-hybridized carbons (Fsp3) is 0.438. The number of amides is 2. The third-order valence-corrected chi connectivity index (χ3v) is 2.58. The zero-order valence-corrected chi connectivity index (χ0v) is 13.2. The molecule has 120 valence electrons. The quantitative estimate of drug-likeness (QED) is 0.812. The Bertz CT molecular complexity index is 534. The van der Waals surface area contributed by atoms with Gasteiger partial charge in [-0.05, 0) is 38.1 Å². The van der Waals surface area contributed by atoms with E-state index in [0.29, 0.717) is 11.3 Å². The SMILES string of the molecule is CC(C)Oc1ccc(C(=O)OCC(=O)NC(=O)C(C)C)cc1. The number of carbonyl (C=O) groups excluding carboxylic acids is 3. The summed E-state index contributed by atoms with van der Waals surface area (Å²) in [6.07, 6.45) is 0.0417. The number of esters is 1. The molecular weight excluding hydrogens is 286 g/mol. The molecule has 6 nitrogen and oxygen atoms in total. The number of hydrogen-bond acceptors (Lipinski definition) is 5. The molecular formula is C16H21NO5. The van der Waals surface area contributed by atoms with E-state index < -0.39 is 24.4 Å². The van der Waals surface area contributed by atoms with Crippen LogP contribution >= 0.6 is 0 Å². The smallest absolute Gasteiger partial charge is 0.338 e. The largest absolute Gasteiger partial charge is 0.491 e. The Balaban J connectivity index is 2.48. The lowest BCUT2D eigenvalue weighted by Crippen LogP contribution is -2.36. The second kappa shape index (κ2) is 8.17. The molecule has 1 rings (SSSR count). The zero-order chi connectivity index (χ0) is 16.7. The van der Waals surface area contributed by atoms with Crippen LogP contribution < -0.4 is 10.1 Å². The maximum atomic E-state index is 11.8. The number of benzene rings is 1. The normalized spacial score (nSPS) is 10.5. The van der Waals surface area contributed by atoms with Gasteiger partial charge in [-0.15, -0.1) is 0 Å². The van der Waals surface area contributed by atoms with Crippen molar-refractivity contribution in [2.75, 3.05) is 6.61 Å². The van der Waals surface area contributed by atoms with Gasteiger partial charge in [0.15, 0.2) is 6.61 Å². The zero-order valence-electron chi connectivity index (χ0n) is 13.2. The van der Waals surface area contributed by atoms with Gasteiger partial charge in [0.2, 0.25) is 5.91 Å². The third-order valence-electron chi connectivity index (χ3n) is 2.58. The lowest BCUT2D eigenvalue weighted by Gasteiger charge is -2.10. The van der Waals surface area contributed by atoms with Gasteiger partial charge < -0.3 is 9.47 Å². The van der Waals surface area contributed by atoms with Crippen molar-refractivity contribution in [3.8, 4) is 5.75 Å². The van der Waals surface area contributed by atoms with Crippen LogP contribution in [-0.2, 0) is 14.3 Å². The minimum Gasteiger partial charge on any atom is -0.491 e. The number of nitrogens with one attached hydrogen (secondary N) is 1. The van der Waals surface area contributed by atoms with Gasteiger partial charge in [0.25, 0.3) is 5.91 Å². The lowest BCUT2D eigenvalue weighted by atomic mass is 10.2. The number of ether oxygens (including phenoxy) is 2. The Morgan fingerprint density at radius 3 is 2.14 bits per heavy atom. The third kappa shape index (κ3) is 5.95. The standard InChI is InChI=1S/C16H21NO5/c1-10(2)15(19)17-14(18)9-21-16(20)12-5-7-13(8-6-12)22-11(3)4/h5-8,10-11H,9H2,1-4H3,(H,17,18,19). The number of imide groups is 1. The molecule has 0 spiro atoms. The van der Waals surface area contributed by atoms with E-state index in [1.165, 1.54) is 0 Å². The topological polar surface area (TPSA) is 81.7 Å². The summed E-state index contributed by atoms with van der Waals surface area (Å²) in [6.45, 7) is 6.63. The molecule has 2 amide bonds. The van der Waals surface area contributed by atoms with Crippen molar-refractivity contribution >= 4 is 17.8 Å². The highest BCUT2D eigenvalue weighted by Crippen LogP contribution is 2.14. The first kappa shape index (κ1) is 17.7. The Morgan fingerprint density at radius 2 is 1.64 bits per heavy atom. The van der Waals surface area contributed by atoms with E-state index in [4.69, 9.17) is 9.47 Å². The van der Waals surface area contributed by atoms with Crippen LogP contribution in [0.3, 0.4) is 0 Å². The molecule has 0 radical (unpaired) electrons. The van der Waals surface area contributed by atoms with Crippen LogP contribution in [0.1, 0.15) is 38.1 Å². The van der Waals surface area contributed by atoms with Gasteiger partial charge in [-0.3, -0.25) is 14.9 Å². The molecule has 0 aliphatic carbocycles. The lowest BCUT2D eigenvalue weighted by molar-refractivity contribution is -0.133. The van der Waals surface area contributed by atoms with E-state index in [1.54, 1.807) is 38.1 Å². The fourth-order valence-corrected chi connectivity index (χ4v) is 1.47. The fourth-order valence-electron chi connectivity index (χ4n) is 1.47. The molecule has 0 saturated heterocycles. The number of rotatable bonds is 6. The van der Waals surface area contributed by atoms with Crippen molar-refractivity contribution in [2.24, 2.45) is 5.92 Å². The van der Waals surface area contributed by atoms with Gasteiger partial charge in [0.1, 0.15) is 5.75 Å². The Hall–Kier alpha value is -2.37. The van der Waals surface area contributed by atoms with Gasteiger partial charge >= 0.3 is 5.97 Å². The minimum atomic E-state index is -0.646. The first-order valence-electron chi connectivity index (χ1n) is 7.07. The van der Waals surface area contributed by atoms with E-state index in [2.05, 4.69) is 5.32 Å². The van der Waals surface area contributed by atoms with Gasteiger partial charge in [-0.1, -0.05) is 13.8 Å². The second-order valence-corrected chi connectivity index (χ2v) is 5.33. The Morgan fingerprint density at radius 1 is 1.05 bits per heavy atom. The summed E-state index contributed by atoms with van der Waals surface area (Å²) in [4.78, 5) is 34.5. The molecule has 0 bridgehead atoms. The average molecular weight is 307 g/mol. The van der Waals surface area contributed by atoms with E-state index in [0.717, 1.165) is 0 Å². The molecule has 1 N–H and O–H groups in total. The van der Waals surface area contributed by atoms with Crippen molar-refractivity contribution in [3.05, 3.63) is 29.8 Å². The van der Waals surface area contributed by atoms with Gasteiger partial charge in [0, 0.05) is 5.92 Å². The van der Waals surface area contributed by atoms with Crippen LogP contribution in [0.2, 0.25) is 0 Å². The highest BCUT2D eigenvalue weighted by molar-refractivity contribution is 5.98. The summed E-state index contributed by atoms with van der Waals surface area (Å²) in [5, 5.41) is 2.14. The Kier molecular flexibility index (Phi) is 6.56. The van der Waals surface area contributed by atoms with Crippen LogP contribution in [0.4, 0.5) is 0 Å². The molecule has 22 heavy (non-hydrogen) atoms. The molecule has 6 heteroatoms. The molecule has 0 atom stereocenters. The van der Waals surface area contributed by atoms with Gasteiger partial charge in [0.05, 0.1) is 11.7 Å². The van der Waals surface area contributed by atoms with E-state index >= 15 is 0 Å². The number of hydrogen-bond donors (Lipinski definition) is 1. The molecule has 0 unspecified atom stereocenters. The molecule has 0 heterocycles. The van der Waals surface area contributed by atoms with Crippen molar-refractivity contribution < 1.29 is 23.9 Å².